The van der Waals surface area contributed by atoms with Crippen molar-refractivity contribution < 1.29 is 18.7 Å². The maximum absolute atomic E-state index is 13.6. The van der Waals surface area contributed by atoms with E-state index < -0.39 is 35.3 Å². The highest BCUT2D eigenvalue weighted by atomic mass is 32.1. The van der Waals surface area contributed by atoms with Crippen LogP contribution in [0.5, 0.6) is 0 Å². The summed E-state index contributed by atoms with van der Waals surface area (Å²) in [7, 11) is 1.42. The van der Waals surface area contributed by atoms with Gasteiger partial charge in [0.1, 0.15) is 11.9 Å². The number of benzene rings is 1. The van der Waals surface area contributed by atoms with E-state index in [-0.39, 0.29) is 54.1 Å². The first kappa shape index (κ1) is 39.0. The fourth-order valence-electron chi connectivity index (χ4n) is 7.16. The van der Waals surface area contributed by atoms with Gasteiger partial charge in [0.15, 0.2) is 0 Å². The number of fused-ring (bicyclic) bond motifs is 1. The van der Waals surface area contributed by atoms with Gasteiger partial charge >= 0.3 is 11.4 Å². The number of aromatic nitrogens is 5. The molecule has 7 rings (SSSR count). The summed E-state index contributed by atoms with van der Waals surface area (Å²) in [5, 5.41) is 11.7. The lowest BCUT2D eigenvalue weighted by Crippen LogP contribution is -2.46. The highest BCUT2D eigenvalue weighted by Gasteiger charge is 2.39. The highest BCUT2D eigenvalue weighted by molar-refractivity contribution is 7.13. The molecule has 20 heteroatoms. The fourth-order valence-corrected chi connectivity index (χ4v) is 7.84. The molecular weight excluding hydrogens is 757 g/mol. The molecule has 2 saturated heterocycles. The zero-order valence-electron chi connectivity index (χ0n) is 31.0. The van der Waals surface area contributed by atoms with E-state index >= 15 is 0 Å². The predicted molar refractivity (Wildman–Crippen MR) is 210 cm³/mol. The van der Waals surface area contributed by atoms with Crippen molar-refractivity contribution in [2.45, 2.75) is 43.8 Å². The molecule has 1 aromatic carbocycles. The minimum atomic E-state index is -0.914. The van der Waals surface area contributed by atoms with Crippen LogP contribution in [-0.4, -0.2) is 104 Å². The van der Waals surface area contributed by atoms with E-state index in [4.69, 9.17) is 15.3 Å². The first-order valence-electron chi connectivity index (χ1n) is 18.4. The van der Waals surface area contributed by atoms with Gasteiger partial charge < -0.3 is 29.7 Å². The third-order valence-electron chi connectivity index (χ3n) is 9.95. The first-order chi connectivity index (χ1) is 27.7. The lowest BCUT2D eigenvalue weighted by atomic mass is 9.96. The molecule has 0 radical (unpaired) electrons. The van der Waals surface area contributed by atoms with Crippen molar-refractivity contribution in [1.29, 1.82) is 0 Å². The zero-order chi connectivity index (χ0) is 39.9. The van der Waals surface area contributed by atoms with Gasteiger partial charge in [-0.2, -0.15) is 0 Å². The molecule has 296 valence electrons. The summed E-state index contributed by atoms with van der Waals surface area (Å²) in [4.78, 5) is 87.5. The summed E-state index contributed by atoms with van der Waals surface area (Å²) in [6.07, 6.45) is 5.64. The van der Waals surface area contributed by atoms with Crippen molar-refractivity contribution in [1.82, 2.24) is 39.6 Å². The second-order valence-corrected chi connectivity index (χ2v) is 14.8. The van der Waals surface area contributed by atoms with E-state index in [0.29, 0.717) is 31.3 Å². The topological polar surface area (TPSA) is 246 Å². The van der Waals surface area contributed by atoms with Crippen molar-refractivity contribution in [2.24, 2.45) is 12.2 Å². The second-order valence-electron chi connectivity index (χ2n) is 13.8. The Morgan fingerprint density at radius 1 is 1.12 bits per heavy atom. The Morgan fingerprint density at radius 2 is 1.95 bits per heavy atom. The van der Waals surface area contributed by atoms with Gasteiger partial charge in [-0.1, -0.05) is 11.2 Å². The molecule has 0 saturated carbocycles. The predicted octanol–water partition coefficient (Wildman–Crippen LogP) is 2.61. The number of aryl methyl sites for hydroxylation is 1. The molecule has 5 aromatic rings. The van der Waals surface area contributed by atoms with Crippen molar-refractivity contribution in [3.63, 3.8) is 0 Å². The molecule has 1 unspecified atom stereocenters. The van der Waals surface area contributed by atoms with Crippen LogP contribution >= 0.6 is 11.3 Å². The van der Waals surface area contributed by atoms with E-state index in [1.807, 2.05) is 17.5 Å². The van der Waals surface area contributed by atoms with Crippen molar-refractivity contribution in [3.8, 4) is 10.6 Å². The summed E-state index contributed by atoms with van der Waals surface area (Å²) in [5.74, 6) is -0.528. The molecule has 0 spiro atoms. The van der Waals surface area contributed by atoms with Gasteiger partial charge in [0.05, 0.1) is 40.7 Å². The number of nitrogens with zero attached hydrogens (tertiary/aromatic N) is 9. The van der Waals surface area contributed by atoms with Gasteiger partial charge in [-0.3, -0.25) is 23.9 Å². The lowest BCUT2D eigenvalue weighted by molar-refractivity contribution is -0.125. The SMILES string of the molecule is Cn1c(=O)oc(=O)c2ccc(C(=O)N3C[C@@H](N=[N+]=[N-])C[C@H]3C(=O)NCCOCCNc3ncc(CN4CCCC(c5nc(-c6cccs6)cc(=O)[nH]5)C4)cn3)cc21. The Kier molecular flexibility index (Phi) is 12.1. The average Bonchev–Trinajstić information content (AvgIpc) is 3.91. The van der Waals surface area contributed by atoms with Crippen molar-refractivity contribution in [2.75, 3.05) is 51.3 Å². The Bertz CT molecular complexity index is 2460. The first-order valence-corrected chi connectivity index (χ1v) is 19.3. The number of hydrogen-bond acceptors (Lipinski definition) is 14. The van der Waals surface area contributed by atoms with Crippen LogP contribution in [0.2, 0.25) is 0 Å². The smallest absolute Gasteiger partial charge is 0.378 e. The number of nitrogens with one attached hydrogen (secondary N) is 3. The molecule has 2 fully saturated rings. The number of carbonyl (C=O) groups excluding carboxylic acids is 2. The molecular formula is C37H40N12O7S. The number of anilines is 1. The lowest BCUT2D eigenvalue weighted by Gasteiger charge is -2.32. The Morgan fingerprint density at radius 3 is 2.74 bits per heavy atom. The van der Waals surface area contributed by atoms with Crippen molar-refractivity contribution in [3.05, 3.63) is 113 Å². The summed E-state index contributed by atoms with van der Waals surface area (Å²) >= 11 is 1.56. The minimum Gasteiger partial charge on any atom is -0.378 e. The number of thiophene rings is 1. The third kappa shape index (κ3) is 9.26. The Labute approximate surface area is 328 Å². The molecule has 0 bridgehead atoms. The summed E-state index contributed by atoms with van der Waals surface area (Å²) < 4.78 is 11.5. The fraction of sp³-hybridized carbons (Fsp3) is 0.405. The second kappa shape index (κ2) is 17.7. The number of amides is 2. The van der Waals surface area contributed by atoms with Gasteiger partial charge in [0.25, 0.3) is 11.5 Å². The normalized spacial score (nSPS) is 18.3. The Balaban J connectivity index is 0.843. The number of carbonyl (C=O) groups is 2. The van der Waals surface area contributed by atoms with E-state index in [9.17, 15) is 24.0 Å². The minimum absolute atomic E-state index is 0.0190. The third-order valence-corrected chi connectivity index (χ3v) is 10.8. The van der Waals surface area contributed by atoms with Crippen LogP contribution in [-0.2, 0) is 23.1 Å². The highest BCUT2D eigenvalue weighted by Crippen LogP contribution is 2.28. The van der Waals surface area contributed by atoms with Crippen molar-refractivity contribution >= 4 is 40.0 Å². The van der Waals surface area contributed by atoms with Crippen LogP contribution < -0.4 is 27.6 Å². The summed E-state index contributed by atoms with van der Waals surface area (Å²) in [6.45, 7) is 3.49. The van der Waals surface area contributed by atoms with E-state index in [0.717, 1.165) is 46.8 Å². The number of rotatable bonds is 14. The number of piperidine rings is 1. The van der Waals surface area contributed by atoms with E-state index in [1.54, 1.807) is 29.8 Å². The average molecular weight is 797 g/mol. The summed E-state index contributed by atoms with van der Waals surface area (Å²) in [6, 6.07) is 8.14. The standard InChI is InChI=1S/C37H40N12O7S/c1-47-28-14-23(6-7-26(28)35(53)56-37(47)54)34(52)49-21-25(45-46-38)15-29(49)33(51)39-8-11-55-12-9-40-36-41-17-22(18-42-36)19-48-10-2-4-24(20-48)32-43-27(16-31(50)44-32)30-5-3-13-57-30/h3,5-7,13-14,16-18,24-25,29H,2,4,8-12,15,19-21H2,1H3,(H,39,51)(H,40,41,42)(H,43,44,50)/t24?,25-,29-/m0/s1. The maximum atomic E-state index is 13.6. The molecule has 57 heavy (non-hydrogen) atoms. The molecule has 2 aliphatic heterocycles. The molecule has 19 nitrogen and oxygen atoms in total. The quantitative estimate of drug-likeness (QED) is 0.0636. The molecule has 4 aromatic heterocycles. The van der Waals surface area contributed by atoms with Crippen LogP contribution in [0.25, 0.3) is 31.9 Å². The number of aromatic amines is 1. The van der Waals surface area contributed by atoms with Gasteiger partial charge in [-0.15, -0.1) is 11.3 Å². The zero-order valence-corrected chi connectivity index (χ0v) is 31.8. The van der Waals surface area contributed by atoms with Crippen LogP contribution in [0.4, 0.5) is 5.95 Å². The van der Waals surface area contributed by atoms with Gasteiger partial charge in [-0.05, 0) is 61.0 Å². The van der Waals surface area contributed by atoms with Gasteiger partial charge in [0.2, 0.25) is 11.9 Å². The van der Waals surface area contributed by atoms with Gasteiger partial charge in [0, 0.05) is 80.2 Å². The molecule has 2 aliphatic rings. The van der Waals surface area contributed by atoms with Crippen LogP contribution in [0.15, 0.2) is 78.1 Å². The maximum Gasteiger partial charge on any atom is 0.422 e. The summed E-state index contributed by atoms with van der Waals surface area (Å²) in [5.41, 5.74) is 10.1. The van der Waals surface area contributed by atoms with E-state index in [1.165, 1.54) is 30.1 Å². The Hall–Kier alpha value is -6.21. The molecule has 2 amide bonds. The number of hydrogen-bond donors (Lipinski definition) is 3. The largest absolute Gasteiger partial charge is 0.422 e. The number of H-pyrrole nitrogens is 1. The monoisotopic (exact) mass is 796 g/mol. The van der Waals surface area contributed by atoms with Gasteiger partial charge in [-0.25, -0.2) is 24.5 Å². The molecule has 3 atom stereocenters. The van der Waals surface area contributed by atoms with Crippen LogP contribution in [0.3, 0.4) is 0 Å². The number of likely N-dealkylation sites (tertiary alicyclic amines) is 2. The number of ether oxygens (including phenoxy) is 1. The van der Waals surface area contributed by atoms with Crippen LogP contribution in [0.1, 0.15) is 46.9 Å². The molecule has 0 aliphatic carbocycles. The molecule has 3 N–H and O–H groups in total. The molecule has 6 heterocycles. The van der Waals surface area contributed by atoms with Crippen LogP contribution in [0, 0.1) is 0 Å². The van der Waals surface area contributed by atoms with E-state index in [2.05, 4.69) is 44.9 Å². The number of azide groups is 1.